The summed E-state index contributed by atoms with van der Waals surface area (Å²) < 4.78 is 51.3. The van der Waals surface area contributed by atoms with E-state index in [1.807, 2.05) is 18.2 Å². The van der Waals surface area contributed by atoms with E-state index in [0.717, 1.165) is 16.9 Å². The van der Waals surface area contributed by atoms with E-state index in [-0.39, 0.29) is 16.9 Å². The zero-order chi connectivity index (χ0) is 21.6. The highest BCUT2D eigenvalue weighted by Gasteiger charge is 2.42. The molecule has 3 aromatic rings. The number of ether oxygens (including phenoxy) is 4. The van der Waals surface area contributed by atoms with Crippen LogP contribution in [-0.4, -0.2) is 29.2 Å². The van der Waals surface area contributed by atoms with Gasteiger partial charge in [-0.25, -0.2) is 8.42 Å². The topological polar surface area (TPSA) is 83.1 Å². The maximum Gasteiger partial charge on any atom is 0.261 e. The van der Waals surface area contributed by atoms with Gasteiger partial charge in [-0.15, -0.1) is 0 Å². The van der Waals surface area contributed by atoms with E-state index in [9.17, 15) is 8.42 Å². The minimum Gasteiger partial charge on any atom is -0.497 e. The van der Waals surface area contributed by atoms with Crippen molar-refractivity contribution in [1.82, 2.24) is 0 Å². The Morgan fingerprint density at radius 1 is 0.968 bits per heavy atom. The number of nitrogens with one attached hydrogen (secondary N) is 1. The minimum atomic E-state index is -3.73. The quantitative estimate of drug-likeness (QED) is 0.644. The average molecular weight is 439 g/mol. The Balaban J connectivity index is 1.51. The maximum absolute atomic E-state index is 12.8. The van der Waals surface area contributed by atoms with Crippen molar-refractivity contribution in [1.29, 1.82) is 0 Å². The van der Waals surface area contributed by atoms with Gasteiger partial charge in [-0.3, -0.25) is 4.72 Å². The molecule has 0 amide bonds. The molecule has 0 unspecified atom stereocenters. The van der Waals surface area contributed by atoms with Gasteiger partial charge in [0.1, 0.15) is 17.6 Å². The molecule has 160 valence electrons. The zero-order valence-corrected chi connectivity index (χ0v) is 17.8. The Kier molecular flexibility index (Phi) is 4.66. The first kappa shape index (κ1) is 19.6. The highest BCUT2D eigenvalue weighted by atomic mass is 32.2. The normalized spacial score (nSPS) is 18.6. The fraction of sp³-hybridized carbons (Fsp3) is 0.217. The molecule has 2 atom stereocenters. The molecule has 2 aliphatic heterocycles. The lowest BCUT2D eigenvalue weighted by molar-refractivity contribution is 0.137. The Bertz CT molecular complexity index is 1240. The van der Waals surface area contributed by atoms with Crippen molar-refractivity contribution in [2.45, 2.75) is 16.9 Å². The highest BCUT2D eigenvalue weighted by Crippen LogP contribution is 2.55. The molecule has 7 nitrogen and oxygen atoms in total. The fourth-order valence-corrected chi connectivity index (χ4v) is 5.12. The molecular weight excluding hydrogens is 418 g/mol. The Morgan fingerprint density at radius 3 is 2.52 bits per heavy atom. The van der Waals surface area contributed by atoms with Crippen LogP contribution in [0.4, 0.5) is 5.69 Å². The van der Waals surface area contributed by atoms with Crippen LogP contribution in [0.2, 0.25) is 0 Å². The molecule has 0 saturated carbocycles. The molecule has 0 aromatic heterocycles. The van der Waals surface area contributed by atoms with Crippen molar-refractivity contribution in [3.05, 3.63) is 71.8 Å². The average Bonchev–Trinajstić information content (AvgIpc) is 3.17. The van der Waals surface area contributed by atoms with Gasteiger partial charge in [-0.05, 0) is 30.3 Å². The van der Waals surface area contributed by atoms with E-state index < -0.39 is 10.0 Å². The van der Waals surface area contributed by atoms with Gasteiger partial charge in [-0.2, -0.15) is 0 Å². The minimum absolute atomic E-state index is 0.0917. The van der Waals surface area contributed by atoms with Crippen LogP contribution >= 0.6 is 0 Å². The lowest BCUT2D eigenvalue weighted by Crippen LogP contribution is -2.23. The number of sulfonamides is 1. The summed E-state index contributed by atoms with van der Waals surface area (Å²) in [5.74, 6) is 2.41. The summed E-state index contributed by atoms with van der Waals surface area (Å²) >= 11 is 0. The zero-order valence-electron chi connectivity index (χ0n) is 17.0. The van der Waals surface area contributed by atoms with Crippen LogP contribution in [0.15, 0.2) is 65.6 Å². The van der Waals surface area contributed by atoms with Crippen LogP contribution < -0.4 is 23.7 Å². The number of methoxy groups -OCH3 is 2. The molecule has 0 aliphatic carbocycles. The number of hydrogen-bond donors (Lipinski definition) is 1. The van der Waals surface area contributed by atoms with Crippen LogP contribution in [0.1, 0.15) is 23.1 Å². The van der Waals surface area contributed by atoms with Crippen LogP contribution in [0.25, 0.3) is 0 Å². The molecule has 31 heavy (non-hydrogen) atoms. The number of benzene rings is 3. The third-order valence-corrected chi connectivity index (χ3v) is 6.96. The van der Waals surface area contributed by atoms with Crippen molar-refractivity contribution in [3.63, 3.8) is 0 Å². The smallest absolute Gasteiger partial charge is 0.261 e. The second-order valence-electron chi connectivity index (χ2n) is 7.38. The van der Waals surface area contributed by atoms with Gasteiger partial charge in [-0.1, -0.05) is 18.2 Å². The first-order valence-corrected chi connectivity index (χ1v) is 11.3. The van der Waals surface area contributed by atoms with Crippen LogP contribution in [0.5, 0.6) is 23.0 Å². The SMILES string of the molecule is COc1ccc2c(c1)OC[C@@H]1c3cc(NS(=O)(=O)c4ccccc4)cc(OC)c3O[C@H]21. The van der Waals surface area contributed by atoms with Crippen molar-refractivity contribution in [2.24, 2.45) is 0 Å². The van der Waals surface area contributed by atoms with Gasteiger partial charge in [0.25, 0.3) is 10.0 Å². The van der Waals surface area contributed by atoms with Crippen molar-refractivity contribution in [3.8, 4) is 23.0 Å². The molecule has 0 spiro atoms. The van der Waals surface area contributed by atoms with E-state index in [1.54, 1.807) is 49.6 Å². The fourth-order valence-electron chi connectivity index (χ4n) is 4.06. The van der Waals surface area contributed by atoms with E-state index >= 15 is 0 Å². The van der Waals surface area contributed by atoms with Gasteiger partial charge in [0.15, 0.2) is 11.5 Å². The summed E-state index contributed by atoms with van der Waals surface area (Å²) in [7, 11) is -0.590. The predicted octanol–water partition coefficient (Wildman–Crippen LogP) is 4.11. The van der Waals surface area contributed by atoms with Crippen molar-refractivity contribution < 1.29 is 27.4 Å². The van der Waals surface area contributed by atoms with E-state index in [0.29, 0.717) is 29.5 Å². The Labute approximate surface area is 180 Å². The third-order valence-electron chi connectivity index (χ3n) is 5.56. The number of fused-ring (bicyclic) bond motifs is 5. The Hall–Kier alpha value is -3.39. The number of hydrogen-bond acceptors (Lipinski definition) is 6. The molecule has 0 bridgehead atoms. The lowest BCUT2D eigenvalue weighted by Gasteiger charge is -2.28. The summed E-state index contributed by atoms with van der Waals surface area (Å²) in [5.41, 5.74) is 2.17. The first-order valence-electron chi connectivity index (χ1n) is 9.77. The largest absolute Gasteiger partial charge is 0.497 e. The first-order chi connectivity index (χ1) is 15.0. The molecule has 0 fully saturated rings. The van der Waals surface area contributed by atoms with E-state index in [2.05, 4.69) is 4.72 Å². The maximum atomic E-state index is 12.8. The molecule has 3 aromatic carbocycles. The second kappa shape index (κ2) is 7.39. The highest BCUT2D eigenvalue weighted by molar-refractivity contribution is 7.92. The van der Waals surface area contributed by atoms with Gasteiger partial charge in [0.2, 0.25) is 0 Å². The molecule has 2 aliphatic rings. The molecule has 5 rings (SSSR count). The second-order valence-corrected chi connectivity index (χ2v) is 9.06. The molecule has 1 N–H and O–H groups in total. The van der Waals surface area contributed by atoms with Crippen molar-refractivity contribution >= 4 is 15.7 Å². The summed E-state index contributed by atoms with van der Waals surface area (Å²) in [4.78, 5) is 0.187. The van der Waals surface area contributed by atoms with Gasteiger partial charge >= 0.3 is 0 Å². The molecule has 0 saturated heterocycles. The molecule has 8 heteroatoms. The van der Waals surface area contributed by atoms with Crippen LogP contribution in [-0.2, 0) is 10.0 Å². The van der Waals surface area contributed by atoms with E-state index in [1.165, 1.54) is 7.11 Å². The van der Waals surface area contributed by atoms with Crippen LogP contribution in [0, 0.1) is 0 Å². The van der Waals surface area contributed by atoms with Gasteiger partial charge in [0, 0.05) is 23.3 Å². The monoisotopic (exact) mass is 439 g/mol. The molecule has 2 heterocycles. The van der Waals surface area contributed by atoms with E-state index in [4.69, 9.17) is 18.9 Å². The number of anilines is 1. The third kappa shape index (κ3) is 3.33. The summed E-state index contributed by atoms with van der Waals surface area (Å²) in [6.45, 7) is 0.399. The standard InChI is InChI=1S/C23H21NO6S/c1-27-15-8-9-17-20(12-15)29-13-19-18-10-14(11-21(28-2)23(18)30-22(17)19)24-31(25,26)16-6-4-3-5-7-16/h3-12,19,22,24H,13H2,1-2H3/t19-,22-/m1/s1. The predicted molar refractivity (Wildman–Crippen MR) is 115 cm³/mol. The summed E-state index contributed by atoms with van der Waals surface area (Å²) in [6.07, 6.45) is -0.250. The molecule has 0 radical (unpaired) electrons. The molecular formula is C23H21NO6S. The van der Waals surface area contributed by atoms with Crippen LogP contribution in [0.3, 0.4) is 0 Å². The summed E-state index contributed by atoms with van der Waals surface area (Å²) in [5, 5.41) is 0. The van der Waals surface area contributed by atoms with Gasteiger partial charge in [0.05, 0.1) is 37.3 Å². The van der Waals surface area contributed by atoms with Crippen molar-refractivity contribution in [2.75, 3.05) is 25.5 Å². The Morgan fingerprint density at radius 2 is 1.77 bits per heavy atom. The lowest BCUT2D eigenvalue weighted by atomic mass is 9.89. The summed E-state index contributed by atoms with van der Waals surface area (Å²) in [6, 6.07) is 17.3. The number of rotatable bonds is 5. The van der Waals surface area contributed by atoms with Gasteiger partial charge < -0.3 is 18.9 Å².